The van der Waals surface area contributed by atoms with Gasteiger partial charge in [-0.3, -0.25) is 0 Å². The Kier molecular flexibility index (Phi) is 6.58. The molecule has 0 saturated heterocycles. The third-order valence-electron chi connectivity index (χ3n) is 6.05. The van der Waals surface area contributed by atoms with Crippen molar-refractivity contribution in [3.63, 3.8) is 0 Å². The summed E-state index contributed by atoms with van der Waals surface area (Å²) in [6.45, 7) is 13.8. The first-order chi connectivity index (χ1) is 10.1. The zero-order valence-electron chi connectivity index (χ0n) is 14.5. The number of rotatable bonds is 4. The lowest BCUT2D eigenvalue weighted by Crippen LogP contribution is -2.10. The molecule has 4 atom stereocenters. The Labute approximate surface area is 133 Å². The molecule has 2 rings (SSSR count). The smallest absolute Gasteiger partial charge is 0.0108 e. The summed E-state index contributed by atoms with van der Waals surface area (Å²) >= 11 is 0. The molecule has 4 unspecified atom stereocenters. The molecule has 0 aromatic rings. The van der Waals surface area contributed by atoms with E-state index in [9.17, 15) is 0 Å². The summed E-state index contributed by atoms with van der Waals surface area (Å²) in [5.74, 6) is 3.36. The van der Waals surface area contributed by atoms with Crippen molar-refractivity contribution in [1.82, 2.24) is 0 Å². The van der Waals surface area contributed by atoms with Crippen LogP contribution in [-0.4, -0.2) is 0 Å². The Hall–Kier alpha value is -0.520. The summed E-state index contributed by atoms with van der Waals surface area (Å²) < 4.78 is 0. The molecule has 0 radical (unpaired) electrons. The first-order valence-electron chi connectivity index (χ1n) is 9.41. The van der Waals surface area contributed by atoms with Crippen LogP contribution in [0.4, 0.5) is 0 Å². The van der Waals surface area contributed by atoms with E-state index >= 15 is 0 Å². The van der Waals surface area contributed by atoms with Gasteiger partial charge in [0, 0.05) is 0 Å². The van der Waals surface area contributed by atoms with E-state index in [4.69, 9.17) is 0 Å². The lowest BCUT2D eigenvalue weighted by atomic mass is 9.82. The maximum absolute atomic E-state index is 4.47. The van der Waals surface area contributed by atoms with Gasteiger partial charge in [0.2, 0.25) is 0 Å². The van der Waals surface area contributed by atoms with Crippen LogP contribution in [0.1, 0.15) is 84.5 Å². The van der Waals surface area contributed by atoms with Crippen molar-refractivity contribution in [3.8, 4) is 0 Å². The maximum atomic E-state index is 4.47. The first-order valence-corrected chi connectivity index (χ1v) is 9.41. The van der Waals surface area contributed by atoms with Crippen LogP contribution >= 0.6 is 0 Å². The fourth-order valence-corrected chi connectivity index (χ4v) is 4.45. The van der Waals surface area contributed by atoms with E-state index in [2.05, 4.69) is 27.0 Å². The Balaban J connectivity index is 1.84. The summed E-state index contributed by atoms with van der Waals surface area (Å²) in [4.78, 5) is 0. The minimum atomic E-state index is 0.768. The van der Waals surface area contributed by atoms with Crippen molar-refractivity contribution >= 4 is 0 Å². The van der Waals surface area contributed by atoms with Gasteiger partial charge < -0.3 is 0 Å². The van der Waals surface area contributed by atoms with Gasteiger partial charge in [-0.1, -0.05) is 76.7 Å². The third-order valence-corrected chi connectivity index (χ3v) is 6.05. The summed E-state index contributed by atoms with van der Waals surface area (Å²) in [6.07, 6.45) is 15.1. The van der Waals surface area contributed by atoms with Gasteiger partial charge in [-0.25, -0.2) is 0 Å². The molecule has 0 bridgehead atoms. The second-order valence-electron chi connectivity index (χ2n) is 8.13. The fourth-order valence-electron chi connectivity index (χ4n) is 4.45. The molecule has 2 aliphatic rings. The Morgan fingerprint density at radius 3 is 2.14 bits per heavy atom. The van der Waals surface area contributed by atoms with Crippen LogP contribution in [0, 0.1) is 23.7 Å². The second-order valence-corrected chi connectivity index (χ2v) is 8.13. The predicted octanol–water partition coefficient (Wildman–Crippen LogP) is 6.92. The number of allylic oxidation sites excluding steroid dienone is 2. The molecule has 0 heteroatoms. The van der Waals surface area contributed by atoms with Crippen LogP contribution in [0.3, 0.4) is 0 Å². The van der Waals surface area contributed by atoms with Crippen LogP contribution in [0.15, 0.2) is 24.3 Å². The molecule has 0 nitrogen and oxygen atoms in total. The van der Waals surface area contributed by atoms with E-state index in [1.807, 2.05) is 0 Å². The van der Waals surface area contributed by atoms with E-state index in [0.717, 1.165) is 30.1 Å². The molecule has 0 amide bonds. The summed E-state index contributed by atoms with van der Waals surface area (Å²) in [7, 11) is 0. The quantitative estimate of drug-likeness (QED) is 0.389. The molecule has 21 heavy (non-hydrogen) atoms. The van der Waals surface area contributed by atoms with E-state index < -0.39 is 0 Å². The standard InChI is InChI=1S/C21H36/c1-16-9-7-11-20(13-12-16)18(3)15-19(4)21-10-6-5-8-17(2)14-21/h16-17,20-21H,3-15H2,1-2H3. The van der Waals surface area contributed by atoms with Gasteiger partial charge in [-0.2, -0.15) is 0 Å². The van der Waals surface area contributed by atoms with Crippen LogP contribution in [0.25, 0.3) is 0 Å². The molecule has 2 fully saturated rings. The molecule has 0 N–H and O–H groups in total. The van der Waals surface area contributed by atoms with Crippen LogP contribution in [0.2, 0.25) is 0 Å². The summed E-state index contributed by atoms with van der Waals surface area (Å²) in [5.41, 5.74) is 2.98. The van der Waals surface area contributed by atoms with Crippen molar-refractivity contribution in [2.75, 3.05) is 0 Å². The highest BCUT2D eigenvalue weighted by Crippen LogP contribution is 2.37. The van der Waals surface area contributed by atoms with E-state index in [0.29, 0.717) is 0 Å². The van der Waals surface area contributed by atoms with E-state index in [-0.39, 0.29) is 0 Å². The molecule has 2 saturated carbocycles. The highest BCUT2D eigenvalue weighted by Gasteiger charge is 2.23. The minimum Gasteiger partial charge on any atom is -0.0993 e. The lowest BCUT2D eigenvalue weighted by Gasteiger charge is -2.24. The molecule has 120 valence electrons. The van der Waals surface area contributed by atoms with Gasteiger partial charge in [0.25, 0.3) is 0 Å². The van der Waals surface area contributed by atoms with Crippen molar-refractivity contribution in [2.24, 2.45) is 23.7 Å². The monoisotopic (exact) mass is 288 g/mol. The first kappa shape index (κ1) is 16.8. The largest absolute Gasteiger partial charge is 0.0993 e. The molecule has 0 spiro atoms. The van der Waals surface area contributed by atoms with E-state index in [1.165, 1.54) is 75.4 Å². The topological polar surface area (TPSA) is 0 Å². The van der Waals surface area contributed by atoms with Gasteiger partial charge in [0.1, 0.15) is 0 Å². The molecule has 0 aromatic carbocycles. The van der Waals surface area contributed by atoms with Gasteiger partial charge >= 0.3 is 0 Å². The third kappa shape index (κ3) is 5.31. The molecule has 0 aromatic heterocycles. The molecular formula is C21H36. The predicted molar refractivity (Wildman–Crippen MR) is 94.4 cm³/mol. The van der Waals surface area contributed by atoms with E-state index in [1.54, 1.807) is 0 Å². The number of hydrogen-bond acceptors (Lipinski definition) is 0. The lowest BCUT2D eigenvalue weighted by molar-refractivity contribution is 0.429. The highest BCUT2D eigenvalue weighted by atomic mass is 14.3. The van der Waals surface area contributed by atoms with Crippen LogP contribution in [-0.2, 0) is 0 Å². The van der Waals surface area contributed by atoms with Crippen LogP contribution in [0.5, 0.6) is 0 Å². The van der Waals surface area contributed by atoms with Gasteiger partial charge in [-0.05, 0) is 55.8 Å². The molecule has 2 aliphatic carbocycles. The zero-order chi connectivity index (χ0) is 15.2. The number of hydrogen-bond donors (Lipinski definition) is 0. The normalized spacial score (nSPS) is 34.8. The van der Waals surface area contributed by atoms with Crippen molar-refractivity contribution < 1.29 is 0 Å². The van der Waals surface area contributed by atoms with Crippen molar-refractivity contribution in [2.45, 2.75) is 84.5 Å². The fraction of sp³-hybridized carbons (Fsp3) is 0.810. The minimum absolute atomic E-state index is 0.768. The SMILES string of the molecule is C=C(CC(=C)C1CCCCC(C)C1)C1CCCC(C)CC1. The zero-order valence-corrected chi connectivity index (χ0v) is 14.5. The average molecular weight is 289 g/mol. The van der Waals surface area contributed by atoms with Crippen LogP contribution < -0.4 is 0 Å². The van der Waals surface area contributed by atoms with Crippen molar-refractivity contribution in [1.29, 1.82) is 0 Å². The Morgan fingerprint density at radius 2 is 1.33 bits per heavy atom. The van der Waals surface area contributed by atoms with Gasteiger partial charge in [-0.15, -0.1) is 0 Å². The maximum Gasteiger partial charge on any atom is -0.0108 e. The molecular weight excluding hydrogens is 252 g/mol. The molecule has 0 heterocycles. The van der Waals surface area contributed by atoms with Crippen molar-refractivity contribution in [3.05, 3.63) is 24.3 Å². The summed E-state index contributed by atoms with van der Waals surface area (Å²) in [5, 5.41) is 0. The molecule has 0 aliphatic heterocycles. The Morgan fingerprint density at radius 1 is 0.714 bits per heavy atom. The average Bonchev–Trinajstić information content (AvgIpc) is 2.79. The Bertz CT molecular complexity index is 351. The van der Waals surface area contributed by atoms with Gasteiger partial charge in [0.05, 0.1) is 0 Å². The second kappa shape index (κ2) is 8.20. The highest BCUT2D eigenvalue weighted by molar-refractivity contribution is 5.15. The summed E-state index contributed by atoms with van der Waals surface area (Å²) in [6, 6.07) is 0. The van der Waals surface area contributed by atoms with Gasteiger partial charge in [0.15, 0.2) is 0 Å².